The van der Waals surface area contributed by atoms with Gasteiger partial charge in [0.15, 0.2) is 0 Å². The Morgan fingerprint density at radius 2 is 2.23 bits per heavy atom. The highest BCUT2D eigenvalue weighted by Crippen LogP contribution is 2.31. The Balaban J connectivity index is 2.25. The molecular weight excluding hydrogens is 162 g/mol. The summed E-state index contributed by atoms with van der Waals surface area (Å²) in [6.07, 6.45) is 9.58. The zero-order valence-corrected chi connectivity index (χ0v) is 7.36. The van der Waals surface area contributed by atoms with Crippen LogP contribution in [0.15, 0.2) is 35.6 Å². The molecule has 1 aliphatic heterocycles. The number of ether oxygens (including phenoxy) is 1. The van der Waals surface area contributed by atoms with Crippen LogP contribution in [0.1, 0.15) is 12.8 Å². The van der Waals surface area contributed by atoms with Crippen LogP contribution in [0.3, 0.4) is 0 Å². The molecule has 0 aromatic heterocycles. The van der Waals surface area contributed by atoms with Crippen LogP contribution in [-0.4, -0.2) is 6.61 Å². The second-order valence-electron chi connectivity index (χ2n) is 3.30. The number of hydrogen-bond acceptors (Lipinski definition) is 2. The van der Waals surface area contributed by atoms with Crippen molar-refractivity contribution in [3.05, 3.63) is 35.6 Å². The van der Waals surface area contributed by atoms with Gasteiger partial charge in [-0.1, -0.05) is 12.2 Å². The SMILES string of the molecule is N#CC1=CC=CC=C2OCCC2C1. The van der Waals surface area contributed by atoms with E-state index >= 15 is 0 Å². The summed E-state index contributed by atoms with van der Waals surface area (Å²) >= 11 is 0. The molecule has 0 radical (unpaired) electrons. The van der Waals surface area contributed by atoms with Crippen molar-refractivity contribution in [2.24, 2.45) is 5.92 Å². The first-order valence-electron chi connectivity index (χ1n) is 4.50. The highest BCUT2D eigenvalue weighted by atomic mass is 16.5. The summed E-state index contributed by atoms with van der Waals surface area (Å²) in [6.45, 7) is 0.795. The molecule has 0 aromatic rings. The molecule has 13 heavy (non-hydrogen) atoms. The molecule has 0 spiro atoms. The first-order chi connectivity index (χ1) is 6.40. The Kier molecular flexibility index (Phi) is 2.18. The van der Waals surface area contributed by atoms with Crippen LogP contribution in [0.4, 0.5) is 0 Å². The van der Waals surface area contributed by atoms with Gasteiger partial charge in [0.1, 0.15) is 0 Å². The molecule has 2 aliphatic rings. The number of nitriles is 1. The van der Waals surface area contributed by atoms with Crippen LogP contribution in [0.25, 0.3) is 0 Å². The fourth-order valence-electron chi connectivity index (χ4n) is 1.70. The minimum Gasteiger partial charge on any atom is -0.498 e. The molecule has 0 amide bonds. The number of fused-ring (bicyclic) bond motifs is 1. The van der Waals surface area contributed by atoms with Crippen molar-refractivity contribution in [1.82, 2.24) is 0 Å². The molecule has 1 fully saturated rings. The van der Waals surface area contributed by atoms with Gasteiger partial charge in [-0.3, -0.25) is 0 Å². The van der Waals surface area contributed by atoms with E-state index < -0.39 is 0 Å². The monoisotopic (exact) mass is 173 g/mol. The van der Waals surface area contributed by atoms with Gasteiger partial charge < -0.3 is 4.74 Å². The average Bonchev–Trinajstić information content (AvgIpc) is 2.51. The first-order valence-corrected chi connectivity index (χ1v) is 4.50. The zero-order chi connectivity index (χ0) is 9.10. The summed E-state index contributed by atoms with van der Waals surface area (Å²) in [6, 6.07) is 2.21. The minimum absolute atomic E-state index is 0.427. The fraction of sp³-hybridized carbons (Fsp3) is 0.364. The van der Waals surface area contributed by atoms with E-state index in [0.29, 0.717) is 5.92 Å². The van der Waals surface area contributed by atoms with E-state index in [9.17, 15) is 0 Å². The summed E-state index contributed by atoms with van der Waals surface area (Å²) in [7, 11) is 0. The Morgan fingerprint density at radius 3 is 3.08 bits per heavy atom. The number of nitrogens with zero attached hydrogens (tertiary/aromatic N) is 1. The van der Waals surface area contributed by atoms with Crippen molar-refractivity contribution < 1.29 is 4.74 Å². The maximum Gasteiger partial charge on any atom is 0.0995 e. The van der Waals surface area contributed by atoms with Crippen LogP contribution in [0.5, 0.6) is 0 Å². The predicted octanol–water partition coefficient (Wildman–Crippen LogP) is 2.32. The lowest BCUT2D eigenvalue weighted by Gasteiger charge is -2.09. The van der Waals surface area contributed by atoms with Crippen molar-refractivity contribution in [3.8, 4) is 6.07 Å². The largest absolute Gasteiger partial charge is 0.498 e. The van der Waals surface area contributed by atoms with E-state index in [-0.39, 0.29) is 0 Å². The summed E-state index contributed by atoms with van der Waals surface area (Å²) < 4.78 is 5.46. The third kappa shape index (κ3) is 1.65. The molecule has 2 heteroatoms. The van der Waals surface area contributed by atoms with E-state index in [2.05, 4.69) is 6.07 Å². The molecule has 66 valence electrons. The molecule has 1 unspecified atom stereocenters. The van der Waals surface area contributed by atoms with Crippen LogP contribution in [0, 0.1) is 17.2 Å². The summed E-state index contributed by atoms with van der Waals surface area (Å²) in [5, 5.41) is 8.82. The van der Waals surface area contributed by atoms with E-state index in [4.69, 9.17) is 10.00 Å². The Morgan fingerprint density at radius 1 is 1.38 bits per heavy atom. The van der Waals surface area contributed by atoms with Crippen molar-refractivity contribution in [2.75, 3.05) is 6.61 Å². The van der Waals surface area contributed by atoms with Gasteiger partial charge in [0.25, 0.3) is 0 Å². The predicted molar refractivity (Wildman–Crippen MR) is 49.6 cm³/mol. The molecule has 2 nitrogen and oxygen atoms in total. The second kappa shape index (κ2) is 3.49. The van der Waals surface area contributed by atoms with Gasteiger partial charge in [-0.2, -0.15) is 5.26 Å². The van der Waals surface area contributed by atoms with Crippen LogP contribution >= 0.6 is 0 Å². The smallest absolute Gasteiger partial charge is 0.0995 e. The maximum absolute atomic E-state index is 8.82. The Bertz CT molecular complexity index is 330. The van der Waals surface area contributed by atoms with E-state index in [1.54, 1.807) is 0 Å². The molecule has 1 atom stereocenters. The zero-order valence-electron chi connectivity index (χ0n) is 7.36. The lowest BCUT2D eigenvalue weighted by Crippen LogP contribution is -1.99. The molecule has 0 N–H and O–H groups in total. The van der Waals surface area contributed by atoms with Crippen molar-refractivity contribution in [1.29, 1.82) is 5.26 Å². The van der Waals surface area contributed by atoms with Gasteiger partial charge in [-0.25, -0.2) is 0 Å². The highest BCUT2D eigenvalue weighted by molar-refractivity contribution is 5.31. The molecule has 1 heterocycles. The highest BCUT2D eigenvalue weighted by Gasteiger charge is 2.23. The topological polar surface area (TPSA) is 33.0 Å². The van der Waals surface area contributed by atoms with Gasteiger partial charge >= 0.3 is 0 Å². The molecule has 1 saturated heterocycles. The van der Waals surface area contributed by atoms with Gasteiger partial charge in [0.2, 0.25) is 0 Å². The fourth-order valence-corrected chi connectivity index (χ4v) is 1.70. The number of rotatable bonds is 0. The molecule has 2 rings (SSSR count). The van der Waals surface area contributed by atoms with Crippen molar-refractivity contribution >= 4 is 0 Å². The van der Waals surface area contributed by atoms with Gasteiger partial charge in [0.05, 0.1) is 18.4 Å². The first kappa shape index (κ1) is 8.12. The summed E-state index contributed by atoms with van der Waals surface area (Å²) in [5.41, 5.74) is 0.845. The summed E-state index contributed by atoms with van der Waals surface area (Å²) in [5.74, 6) is 1.47. The summed E-state index contributed by atoms with van der Waals surface area (Å²) in [4.78, 5) is 0. The third-order valence-electron chi connectivity index (χ3n) is 2.42. The molecule has 0 bridgehead atoms. The van der Waals surface area contributed by atoms with Crippen LogP contribution in [0.2, 0.25) is 0 Å². The standard InChI is InChI=1S/C11H11NO/c12-8-9-3-1-2-4-11-10(7-9)5-6-13-11/h1-4,10H,5-7H2. The lowest BCUT2D eigenvalue weighted by atomic mass is 9.95. The lowest BCUT2D eigenvalue weighted by molar-refractivity contribution is 0.259. The van der Waals surface area contributed by atoms with E-state index in [0.717, 1.165) is 30.8 Å². The quantitative estimate of drug-likeness (QED) is 0.563. The molecule has 1 aliphatic carbocycles. The Labute approximate surface area is 77.8 Å². The van der Waals surface area contributed by atoms with Crippen LogP contribution < -0.4 is 0 Å². The average molecular weight is 173 g/mol. The van der Waals surface area contributed by atoms with Gasteiger partial charge in [-0.05, 0) is 25.0 Å². The van der Waals surface area contributed by atoms with Crippen LogP contribution in [-0.2, 0) is 4.74 Å². The van der Waals surface area contributed by atoms with Gasteiger partial charge in [-0.15, -0.1) is 0 Å². The normalized spacial score (nSPS) is 25.9. The van der Waals surface area contributed by atoms with Gasteiger partial charge in [0, 0.05) is 11.5 Å². The second-order valence-corrected chi connectivity index (χ2v) is 3.30. The molecule has 0 saturated carbocycles. The molecular formula is C11H11NO. The number of hydrogen-bond donors (Lipinski definition) is 0. The number of allylic oxidation sites excluding steroid dienone is 6. The maximum atomic E-state index is 8.82. The van der Waals surface area contributed by atoms with Crippen molar-refractivity contribution in [2.45, 2.75) is 12.8 Å². The van der Waals surface area contributed by atoms with E-state index in [1.165, 1.54) is 0 Å². The molecule has 0 aromatic carbocycles. The van der Waals surface area contributed by atoms with Crippen molar-refractivity contribution in [3.63, 3.8) is 0 Å². The third-order valence-corrected chi connectivity index (χ3v) is 2.42. The Hall–Kier alpha value is -1.49. The van der Waals surface area contributed by atoms with E-state index in [1.807, 2.05) is 24.3 Å². The minimum atomic E-state index is 0.427.